The van der Waals surface area contributed by atoms with E-state index < -0.39 is 0 Å². The van der Waals surface area contributed by atoms with Crippen LogP contribution in [0.4, 0.5) is 5.82 Å². The SMILES string of the molecule is C=Cn1nccc1N=CC. The van der Waals surface area contributed by atoms with Crippen LogP contribution in [0.3, 0.4) is 0 Å². The maximum absolute atomic E-state index is 4.04. The largest absolute Gasteiger partial charge is 0.242 e. The molecule has 52 valence electrons. The quantitative estimate of drug-likeness (QED) is 0.568. The molecule has 0 spiro atoms. The first-order chi connectivity index (χ1) is 4.88. The first-order valence-electron chi connectivity index (χ1n) is 3.03. The van der Waals surface area contributed by atoms with Gasteiger partial charge in [-0.1, -0.05) is 6.58 Å². The van der Waals surface area contributed by atoms with Crippen molar-refractivity contribution in [1.29, 1.82) is 0 Å². The topological polar surface area (TPSA) is 30.2 Å². The van der Waals surface area contributed by atoms with E-state index in [0.29, 0.717) is 0 Å². The molecule has 0 saturated heterocycles. The summed E-state index contributed by atoms with van der Waals surface area (Å²) in [6, 6.07) is 1.82. The van der Waals surface area contributed by atoms with E-state index in [4.69, 9.17) is 0 Å². The van der Waals surface area contributed by atoms with Crippen molar-refractivity contribution in [2.75, 3.05) is 0 Å². The Kier molecular flexibility index (Phi) is 1.99. The van der Waals surface area contributed by atoms with Crippen LogP contribution in [-0.2, 0) is 0 Å². The maximum atomic E-state index is 4.04. The third kappa shape index (κ3) is 1.13. The van der Waals surface area contributed by atoms with Crippen molar-refractivity contribution >= 4 is 18.2 Å². The Morgan fingerprint density at radius 1 is 1.80 bits per heavy atom. The van der Waals surface area contributed by atoms with E-state index in [2.05, 4.69) is 16.7 Å². The molecule has 1 aromatic heterocycles. The third-order valence-corrected chi connectivity index (χ3v) is 1.08. The van der Waals surface area contributed by atoms with Crippen LogP contribution in [0.15, 0.2) is 23.8 Å². The summed E-state index contributed by atoms with van der Waals surface area (Å²) in [5.41, 5.74) is 0. The number of rotatable bonds is 2. The number of hydrogen-bond acceptors (Lipinski definition) is 2. The van der Waals surface area contributed by atoms with Crippen LogP contribution in [0, 0.1) is 0 Å². The molecule has 0 unspecified atom stereocenters. The zero-order chi connectivity index (χ0) is 7.40. The third-order valence-electron chi connectivity index (χ3n) is 1.08. The molecule has 0 aliphatic carbocycles. The van der Waals surface area contributed by atoms with E-state index in [1.807, 2.05) is 13.0 Å². The van der Waals surface area contributed by atoms with E-state index in [1.165, 1.54) is 0 Å². The normalized spacial score (nSPS) is 10.5. The van der Waals surface area contributed by atoms with Gasteiger partial charge in [-0.05, 0) is 6.92 Å². The molecular weight excluding hydrogens is 126 g/mol. The van der Waals surface area contributed by atoms with Gasteiger partial charge in [0.2, 0.25) is 0 Å². The van der Waals surface area contributed by atoms with Crippen molar-refractivity contribution in [3.63, 3.8) is 0 Å². The predicted octanol–water partition coefficient (Wildman–Crippen LogP) is 1.71. The van der Waals surface area contributed by atoms with Gasteiger partial charge in [0.15, 0.2) is 5.82 Å². The molecule has 3 heteroatoms. The molecule has 0 aliphatic rings. The van der Waals surface area contributed by atoms with Gasteiger partial charge >= 0.3 is 0 Å². The minimum absolute atomic E-state index is 0.803. The van der Waals surface area contributed by atoms with Gasteiger partial charge in [-0.25, -0.2) is 9.67 Å². The average molecular weight is 135 g/mol. The molecule has 0 fully saturated rings. The van der Waals surface area contributed by atoms with Crippen LogP contribution in [0.1, 0.15) is 6.92 Å². The zero-order valence-corrected chi connectivity index (χ0v) is 5.86. The van der Waals surface area contributed by atoms with E-state index in [9.17, 15) is 0 Å². The number of aliphatic imine (C=N–C) groups is 1. The molecule has 10 heavy (non-hydrogen) atoms. The molecule has 1 heterocycles. The standard InChI is InChI=1S/C7H9N3/c1-3-8-7-5-6-9-10(7)4-2/h3-6H,2H2,1H3. The highest BCUT2D eigenvalue weighted by atomic mass is 15.3. The van der Waals surface area contributed by atoms with Gasteiger partial charge in [-0.3, -0.25) is 0 Å². The number of hydrogen-bond donors (Lipinski definition) is 0. The first-order valence-corrected chi connectivity index (χ1v) is 3.03. The van der Waals surface area contributed by atoms with Crippen molar-refractivity contribution < 1.29 is 0 Å². The Morgan fingerprint density at radius 2 is 2.60 bits per heavy atom. The molecule has 0 aromatic carbocycles. The Hall–Kier alpha value is -1.38. The van der Waals surface area contributed by atoms with Crippen LogP contribution in [0.25, 0.3) is 6.20 Å². The Bertz CT molecular complexity index is 247. The Labute approximate surface area is 59.7 Å². The lowest BCUT2D eigenvalue weighted by molar-refractivity contribution is 0.935. The van der Waals surface area contributed by atoms with Crippen molar-refractivity contribution in [1.82, 2.24) is 9.78 Å². The van der Waals surface area contributed by atoms with Crippen LogP contribution in [0.5, 0.6) is 0 Å². The second kappa shape index (κ2) is 2.96. The Balaban J connectivity index is 3.00. The second-order valence-electron chi connectivity index (χ2n) is 1.70. The summed E-state index contributed by atoms with van der Waals surface area (Å²) >= 11 is 0. The van der Waals surface area contributed by atoms with E-state index in [0.717, 1.165) is 5.82 Å². The van der Waals surface area contributed by atoms with Gasteiger partial charge in [-0.15, -0.1) is 0 Å². The minimum atomic E-state index is 0.803. The highest BCUT2D eigenvalue weighted by Crippen LogP contribution is 2.08. The summed E-state index contributed by atoms with van der Waals surface area (Å²) in [7, 11) is 0. The molecular formula is C7H9N3. The Morgan fingerprint density at radius 3 is 3.20 bits per heavy atom. The predicted molar refractivity (Wildman–Crippen MR) is 42.4 cm³/mol. The van der Waals surface area contributed by atoms with Crippen molar-refractivity contribution in [3.8, 4) is 0 Å². The molecule has 0 bridgehead atoms. The van der Waals surface area contributed by atoms with Crippen LogP contribution >= 0.6 is 0 Å². The summed E-state index contributed by atoms with van der Waals surface area (Å²) in [5, 5.41) is 3.94. The van der Waals surface area contributed by atoms with Crippen LogP contribution in [-0.4, -0.2) is 16.0 Å². The molecule has 3 nitrogen and oxygen atoms in total. The fraction of sp³-hybridized carbons (Fsp3) is 0.143. The first kappa shape index (κ1) is 6.74. The van der Waals surface area contributed by atoms with E-state index in [1.54, 1.807) is 23.3 Å². The number of aromatic nitrogens is 2. The molecule has 0 N–H and O–H groups in total. The summed E-state index contributed by atoms with van der Waals surface area (Å²) in [4.78, 5) is 4.04. The molecule has 0 atom stereocenters. The monoisotopic (exact) mass is 135 g/mol. The number of nitrogens with zero attached hydrogens (tertiary/aromatic N) is 3. The molecule has 0 amide bonds. The zero-order valence-electron chi connectivity index (χ0n) is 5.86. The minimum Gasteiger partial charge on any atom is -0.242 e. The maximum Gasteiger partial charge on any atom is 0.154 e. The second-order valence-corrected chi connectivity index (χ2v) is 1.70. The lowest BCUT2D eigenvalue weighted by Gasteiger charge is -1.91. The summed E-state index contributed by atoms with van der Waals surface area (Å²) in [6.07, 6.45) is 5.02. The summed E-state index contributed by atoms with van der Waals surface area (Å²) < 4.78 is 1.61. The highest BCUT2D eigenvalue weighted by molar-refractivity contribution is 5.59. The smallest absolute Gasteiger partial charge is 0.154 e. The van der Waals surface area contributed by atoms with Gasteiger partial charge in [0.25, 0.3) is 0 Å². The molecule has 0 radical (unpaired) electrons. The van der Waals surface area contributed by atoms with E-state index in [-0.39, 0.29) is 0 Å². The fourth-order valence-electron chi connectivity index (χ4n) is 0.682. The van der Waals surface area contributed by atoms with Gasteiger partial charge in [0.1, 0.15) is 0 Å². The molecule has 0 saturated carbocycles. The van der Waals surface area contributed by atoms with Crippen LogP contribution in [0.2, 0.25) is 0 Å². The van der Waals surface area contributed by atoms with E-state index >= 15 is 0 Å². The van der Waals surface area contributed by atoms with Gasteiger partial charge in [-0.2, -0.15) is 5.10 Å². The van der Waals surface area contributed by atoms with Gasteiger partial charge < -0.3 is 0 Å². The summed E-state index contributed by atoms with van der Waals surface area (Å²) in [5.74, 6) is 0.803. The summed E-state index contributed by atoms with van der Waals surface area (Å²) in [6.45, 7) is 5.43. The van der Waals surface area contributed by atoms with Gasteiger partial charge in [0.05, 0.1) is 6.20 Å². The molecule has 0 aliphatic heterocycles. The van der Waals surface area contributed by atoms with Gasteiger partial charge in [0, 0.05) is 18.5 Å². The lowest BCUT2D eigenvalue weighted by Crippen LogP contribution is -1.85. The highest BCUT2D eigenvalue weighted by Gasteiger charge is 1.91. The van der Waals surface area contributed by atoms with Crippen molar-refractivity contribution in [2.24, 2.45) is 4.99 Å². The molecule has 1 rings (SSSR count). The van der Waals surface area contributed by atoms with Crippen LogP contribution < -0.4 is 0 Å². The fourth-order valence-corrected chi connectivity index (χ4v) is 0.682. The van der Waals surface area contributed by atoms with Crippen molar-refractivity contribution in [3.05, 3.63) is 18.8 Å². The molecule has 1 aromatic rings. The van der Waals surface area contributed by atoms with Crippen molar-refractivity contribution in [2.45, 2.75) is 6.92 Å². The lowest BCUT2D eigenvalue weighted by atomic mass is 10.6. The average Bonchev–Trinajstić information content (AvgIpc) is 2.36.